The van der Waals surface area contributed by atoms with Gasteiger partial charge in [-0.15, -0.1) is 0 Å². The molecule has 0 aliphatic carbocycles. The molecule has 0 radical (unpaired) electrons. The van der Waals surface area contributed by atoms with Gasteiger partial charge >= 0.3 is 5.69 Å². The van der Waals surface area contributed by atoms with Gasteiger partial charge in [0.1, 0.15) is 0 Å². The lowest BCUT2D eigenvalue weighted by Gasteiger charge is -2.13. The van der Waals surface area contributed by atoms with Crippen LogP contribution >= 0.6 is 0 Å². The Balaban J connectivity index is 0.00000116. The highest BCUT2D eigenvalue weighted by atomic mass is 16.6. The second-order valence-electron chi connectivity index (χ2n) is 4.79. The number of hydrogen-bond donors (Lipinski definition) is 0. The van der Waals surface area contributed by atoms with Crippen molar-refractivity contribution in [2.24, 2.45) is 0 Å². The molecule has 0 unspecified atom stereocenters. The Morgan fingerprint density at radius 2 is 1.77 bits per heavy atom. The fourth-order valence-electron chi connectivity index (χ4n) is 2.01. The van der Waals surface area contributed by atoms with Crippen molar-refractivity contribution in [1.29, 1.82) is 0 Å². The fraction of sp³-hybridized carbons (Fsp3) is 0.353. The van der Waals surface area contributed by atoms with E-state index in [0.29, 0.717) is 5.75 Å². The average Bonchev–Trinajstić information content (AvgIpc) is 2.51. The zero-order valence-electron chi connectivity index (χ0n) is 13.7. The molecule has 5 heteroatoms. The molecule has 0 bridgehead atoms. The number of nitro groups is 1. The van der Waals surface area contributed by atoms with Gasteiger partial charge in [0.05, 0.1) is 11.0 Å². The van der Waals surface area contributed by atoms with Gasteiger partial charge in [-0.3, -0.25) is 15.1 Å². The molecule has 0 saturated carbocycles. The highest BCUT2D eigenvalue weighted by molar-refractivity contribution is 5.71. The fourth-order valence-corrected chi connectivity index (χ4v) is 2.01. The molecule has 1 aromatic heterocycles. The first-order valence-electron chi connectivity index (χ1n) is 7.35. The third kappa shape index (κ3) is 4.28. The van der Waals surface area contributed by atoms with Crippen LogP contribution in [0.4, 0.5) is 5.69 Å². The van der Waals surface area contributed by atoms with Crippen LogP contribution in [0.5, 0.6) is 5.75 Å². The minimum absolute atomic E-state index is 0.00555. The summed E-state index contributed by atoms with van der Waals surface area (Å²) in [6.45, 7) is 9.54. The van der Waals surface area contributed by atoms with E-state index in [9.17, 15) is 10.1 Å². The van der Waals surface area contributed by atoms with E-state index < -0.39 is 4.92 Å². The molecular weight excluding hydrogens is 280 g/mol. The number of hydrogen-bond acceptors (Lipinski definition) is 4. The van der Waals surface area contributed by atoms with Crippen LogP contribution in [0.15, 0.2) is 36.7 Å². The Bertz CT molecular complexity index is 625. The first-order chi connectivity index (χ1) is 10.5. The second-order valence-corrected chi connectivity index (χ2v) is 4.79. The van der Waals surface area contributed by atoms with Crippen molar-refractivity contribution in [3.63, 3.8) is 0 Å². The molecule has 0 spiro atoms. The normalized spacial score (nSPS) is 9.91. The van der Waals surface area contributed by atoms with Crippen molar-refractivity contribution >= 4 is 5.69 Å². The molecule has 0 amide bonds. The largest absolute Gasteiger partial charge is 0.484 e. The van der Waals surface area contributed by atoms with Gasteiger partial charge in [0, 0.05) is 18.5 Å². The zero-order valence-corrected chi connectivity index (χ0v) is 13.7. The second kappa shape index (κ2) is 8.12. The Hall–Kier alpha value is -2.43. The van der Waals surface area contributed by atoms with E-state index in [1.165, 1.54) is 0 Å². The van der Waals surface area contributed by atoms with Crippen LogP contribution in [0, 0.1) is 17.0 Å². The van der Waals surface area contributed by atoms with Gasteiger partial charge in [-0.1, -0.05) is 13.8 Å². The quantitative estimate of drug-likeness (QED) is 0.602. The van der Waals surface area contributed by atoms with Crippen LogP contribution in [0.3, 0.4) is 0 Å². The van der Waals surface area contributed by atoms with Crippen molar-refractivity contribution in [2.45, 2.75) is 40.7 Å². The van der Waals surface area contributed by atoms with Crippen LogP contribution in [0.25, 0.3) is 11.1 Å². The number of aryl methyl sites for hydroxylation is 1. The Labute approximate surface area is 131 Å². The third-order valence-corrected chi connectivity index (χ3v) is 2.86. The summed E-state index contributed by atoms with van der Waals surface area (Å²) in [5.74, 6) is 0.294. The van der Waals surface area contributed by atoms with Gasteiger partial charge in [0.2, 0.25) is 0 Å². The summed E-state index contributed by atoms with van der Waals surface area (Å²) < 4.78 is 5.57. The minimum Gasteiger partial charge on any atom is -0.484 e. The summed E-state index contributed by atoms with van der Waals surface area (Å²) in [7, 11) is 0. The Morgan fingerprint density at radius 3 is 2.27 bits per heavy atom. The maximum atomic E-state index is 11.1. The molecule has 0 atom stereocenters. The topological polar surface area (TPSA) is 65.3 Å². The van der Waals surface area contributed by atoms with Crippen molar-refractivity contribution in [3.05, 3.63) is 52.3 Å². The summed E-state index contributed by atoms with van der Waals surface area (Å²) >= 11 is 0. The van der Waals surface area contributed by atoms with E-state index in [4.69, 9.17) is 4.74 Å². The van der Waals surface area contributed by atoms with Crippen molar-refractivity contribution < 1.29 is 9.66 Å². The summed E-state index contributed by atoms with van der Waals surface area (Å²) in [6, 6.07) is 7.01. The summed E-state index contributed by atoms with van der Waals surface area (Å²) in [6.07, 6.45) is 3.26. The lowest BCUT2D eigenvalue weighted by Crippen LogP contribution is -2.08. The van der Waals surface area contributed by atoms with Gasteiger partial charge in [-0.2, -0.15) is 0 Å². The lowest BCUT2D eigenvalue weighted by molar-refractivity contribution is -0.386. The van der Waals surface area contributed by atoms with Gasteiger partial charge in [0.25, 0.3) is 0 Å². The first kappa shape index (κ1) is 17.6. The van der Waals surface area contributed by atoms with Crippen molar-refractivity contribution in [3.8, 4) is 16.9 Å². The Morgan fingerprint density at radius 1 is 1.18 bits per heavy atom. The van der Waals surface area contributed by atoms with Crippen molar-refractivity contribution in [1.82, 2.24) is 4.98 Å². The third-order valence-electron chi connectivity index (χ3n) is 2.86. The maximum Gasteiger partial charge on any atom is 0.311 e. The number of benzene rings is 1. The van der Waals surface area contributed by atoms with Crippen LogP contribution in [-0.2, 0) is 0 Å². The average molecular weight is 302 g/mol. The van der Waals surface area contributed by atoms with E-state index in [-0.39, 0.29) is 11.8 Å². The van der Waals surface area contributed by atoms with E-state index in [2.05, 4.69) is 4.98 Å². The van der Waals surface area contributed by atoms with Gasteiger partial charge in [0.15, 0.2) is 5.75 Å². The molecule has 22 heavy (non-hydrogen) atoms. The molecule has 0 aliphatic rings. The molecule has 0 fully saturated rings. The SMILES string of the molecule is CC.Cc1cc([N+](=O)[O-])c(OC(C)C)cc1-c1ccncc1. The first-order valence-corrected chi connectivity index (χ1v) is 7.35. The number of rotatable bonds is 4. The van der Waals surface area contributed by atoms with Gasteiger partial charge < -0.3 is 4.74 Å². The summed E-state index contributed by atoms with van der Waals surface area (Å²) in [5.41, 5.74) is 2.70. The van der Waals surface area contributed by atoms with Crippen LogP contribution in [0.1, 0.15) is 33.3 Å². The Kier molecular flexibility index (Phi) is 6.50. The number of nitro benzene ring substituents is 1. The van der Waals surface area contributed by atoms with Crippen LogP contribution < -0.4 is 4.74 Å². The highest BCUT2D eigenvalue weighted by Gasteiger charge is 2.19. The predicted octanol–water partition coefficient (Wildman–Crippen LogP) is 4.78. The van der Waals surface area contributed by atoms with Gasteiger partial charge in [-0.25, -0.2) is 0 Å². The predicted molar refractivity (Wildman–Crippen MR) is 88.2 cm³/mol. The number of nitrogens with zero attached hydrogens (tertiary/aromatic N) is 2. The van der Waals surface area contributed by atoms with Crippen molar-refractivity contribution in [2.75, 3.05) is 0 Å². The maximum absolute atomic E-state index is 11.1. The summed E-state index contributed by atoms with van der Waals surface area (Å²) in [5, 5.41) is 11.1. The molecule has 5 nitrogen and oxygen atoms in total. The molecule has 1 heterocycles. The van der Waals surface area contributed by atoms with Gasteiger partial charge in [-0.05, 0) is 55.7 Å². The standard InChI is InChI=1S/C15H16N2O3.C2H6/c1-10(2)20-15-9-13(12-4-6-16-7-5-12)11(3)8-14(15)17(18)19;1-2/h4-10H,1-3H3;1-2H3. The molecule has 0 N–H and O–H groups in total. The molecule has 1 aromatic carbocycles. The number of aromatic nitrogens is 1. The van der Waals surface area contributed by atoms with E-state index in [1.807, 2.05) is 46.8 Å². The molecule has 2 rings (SSSR count). The van der Waals surface area contributed by atoms with Crippen LogP contribution in [-0.4, -0.2) is 16.0 Å². The zero-order chi connectivity index (χ0) is 16.7. The molecular formula is C17H22N2O3. The van der Waals surface area contributed by atoms with E-state index in [0.717, 1.165) is 16.7 Å². The molecule has 118 valence electrons. The summed E-state index contributed by atoms with van der Waals surface area (Å²) in [4.78, 5) is 14.7. The lowest BCUT2D eigenvalue weighted by atomic mass is 10.0. The number of pyridine rings is 1. The molecule has 0 aliphatic heterocycles. The van der Waals surface area contributed by atoms with E-state index >= 15 is 0 Å². The monoisotopic (exact) mass is 302 g/mol. The highest BCUT2D eigenvalue weighted by Crippen LogP contribution is 2.35. The van der Waals surface area contributed by atoms with Crippen LogP contribution in [0.2, 0.25) is 0 Å². The van der Waals surface area contributed by atoms with E-state index in [1.54, 1.807) is 24.5 Å². The smallest absolute Gasteiger partial charge is 0.311 e. The number of ether oxygens (including phenoxy) is 1. The molecule has 2 aromatic rings. The minimum atomic E-state index is -0.416. The molecule has 0 saturated heterocycles.